The molecule has 0 radical (unpaired) electrons. The van der Waals surface area contributed by atoms with E-state index in [0.717, 1.165) is 11.1 Å². The summed E-state index contributed by atoms with van der Waals surface area (Å²) in [5, 5.41) is 13.8. The topological polar surface area (TPSA) is 86.8 Å². The van der Waals surface area contributed by atoms with E-state index in [1.807, 2.05) is 47.4 Å². The Balaban J connectivity index is 1.90. The Bertz CT molecular complexity index is 1070. The Morgan fingerprint density at radius 1 is 1.13 bits per heavy atom. The van der Waals surface area contributed by atoms with Crippen LogP contribution in [0.3, 0.4) is 0 Å². The Hall–Kier alpha value is -3.10. The fourth-order valence-corrected chi connectivity index (χ4v) is 3.41. The van der Waals surface area contributed by atoms with Crippen LogP contribution in [-0.2, 0) is 6.54 Å². The number of anilines is 1. The molecule has 2 aromatic carbocycles. The number of hydrogen-bond acceptors (Lipinski definition) is 5. The van der Waals surface area contributed by atoms with Gasteiger partial charge in [0.05, 0.1) is 26.3 Å². The molecule has 0 fully saturated rings. The standard InChI is InChI=1S/C22H25N3O4S/c1-28-19-12-15-11-16(21(27)24-18(15)13-20(19)29-2)14-25(9-6-10-26)22(30)23-17-7-4-3-5-8-17/h3-5,7-8,11-13,26H,6,9-10,14H2,1-2H3,(H,23,30)(H,24,27). The summed E-state index contributed by atoms with van der Waals surface area (Å²) in [5.74, 6) is 1.13. The van der Waals surface area contributed by atoms with E-state index >= 15 is 0 Å². The molecular weight excluding hydrogens is 402 g/mol. The fraction of sp³-hybridized carbons (Fsp3) is 0.273. The number of ether oxygens (including phenoxy) is 2. The van der Waals surface area contributed by atoms with Crippen LogP contribution in [0.2, 0.25) is 0 Å². The minimum absolute atomic E-state index is 0.0372. The molecule has 0 saturated heterocycles. The van der Waals surface area contributed by atoms with Crippen molar-refractivity contribution in [1.82, 2.24) is 9.88 Å². The van der Waals surface area contributed by atoms with Crippen LogP contribution in [0.15, 0.2) is 53.3 Å². The molecule has 158 valence electrons. The van der Waals surface area contributed by atoms with Crippen molar-refractivity contribution in [3.8, 4) is 11.5 Å². The monoisotopic (exact) mass is 427 g/mol. The second-order valence-electron chi connectivity index (χ2n) is 6.71. The molecule has 0 aliphatic heterocycles. The highest BCUT2D eigenvalue weighted by Crippen LogP contribution is 2.31. The van der Waals surface area contributed by atoms with Crippen molar-refractivity contribution in [2.75, 3.05) is 32.7 Å². The van der Waals surface area contributed by atoms with Crippen LogP contribution in [-0.4, -0.2) is 47.5 Å². The number of thiocarbonyl (C=S) groups is 1. The first-order valence-corrected chi connectivity index (χ1v) is 9.96. The highest BCUT2D eigenvalue weighted by molar-refractivity contribution is 7.80. The largest absolute Gasteiger partial charge is 0.493 e. The summed E-state index contributed by atoms with van der Waals surface area (Å²) in [5.41, 5.74) is 1.88. The molecule has 3 rings (SSSR count). The van der Waals surface area contributed by atoms with E-state index in [9.17, 15) is 9.90 Å². The number of benzene rings is 2. The lowest BCUT2D eigenvalue weighted by Gasteiger charge is -2.25. The van der Waals surface area contributed by atoms with Crippen molar-refractivity contribution in [3.05, 3.63) is 64.4 Å². The average molecular weight is 428 g/mol. The molecule has 1 heterocycles. The third-order valence-electron chi connectivity index (χ3n) is 4.68. The summed E-state index contributed by atoms with van der Waals surface area (Å²) >= 11 is 5.57. The normalized spacial score (nSPS) is 10.6. The van der Waals surface area contributed by atoms with Crippen LogP contribution >= 0.6 is 12.2 Å². The van der Waals surface area contributed by atoms with Gasteiger partial charge in [-0.2, -0.15) is 0 Å². The summed E-state index contributed by atoms with van der Waals surface area (Å²) < 4.78 is 10.7. The summed E-state index contributed by atoms with van der Waals surface area (Å²) in [7, 11) is 3.12. The Morgan fingerprint density at radius 2 is 1.83 bits per heavy atom. The number of rotatable bonds is 8. The average Bonchev–Trinajstić information content (AvgIpc) is 2.76. The highest BCUT2D eigenvalue weighted by Gasteiger charge is 2.15. The molecular formula is C22H25N3O4S. The number of fused-ring (bicyclic) bond motifs is 1. The zero-order valence-electron chi connectivity index (χ0n) is 17.0. The van der Waals surface area contributed by atoms with Crippen molar-refractivity contribution >= 4 is 33.9 Å². The van der Waals surface area contributed by atoms with Crippen LogP contribution < -0.4 is 20.3 Å². The fourth-order valence-electron chi connectivity index (χ4n) is 3.14. The molecule has 3 aromatic rings. The number of H-pyrrole nitrogens is 1. The van der Waals surface area contributed by atoms with Crippen molar-refractivity contribution in [2.24, 2.45) is 0 Å². The third kappa shape index (κ3) is 5.08. The molecule has 0 amide bonds. The van der Waals surface area contributed by atoms with Crippen molar-refractivity contribution < 1.29 is 14.6 Å². The van der Waals surface area contributed by atoms with Crippen molar-refractivity contribution in [2.45, 2.75) is 13.0 Å². The molecule has 30 heavy (non-hydrogen) atoms. The summed E-state index contributed by atoms with van der Waals surface area (Å²) in [4.78, 5) is 17.5. The number of hydrogen-bond donors (Lipinski definition) is 3. The first-order chi connectivity index (χ1) is 14.5. The molecule has 0 aliphatic carbocycles. The molecule has 0 aliphatic rings. The molecule has 0 bridgehead atoms. The van der Waals surface area contributed by atoms with Crippen LogP contribution in [0.4, 0.5) is 5.69 Å². The van der Waals surface area contributed by atoms with Gasteiger partial charge < -0.3 is 29.8 Å². The second kappa shape index (κ2) is 10.1. The number of nitrogens with one attached hydrogen (secondary N) is 2. The summed E-state index contributed by atoms with van der Waals surface area (Å²) in [6, 6.07) is 15.0. The summed E-state index contributed by atoms with van der Waals surface area (Å²) in [6.45, 7) is 0.854. The van der Waals surface area contributed by atoms with E-state index in [0.29, 0.717) is 47.2 Å². The number of pyridine rings is 1. The summed E-state index contributed by atoms with van der Waals surface area (Å²) in [6.07, 6.45) is 0.535. The van der Waals surface area contributed by atoms with Gasteiger partial charge in [-0.1, -0.05) is 18.2 Å². The first kappa shape index (κ1) is 21.6. The molecule has 8 heteroatoms. The van der Waals surface area contributed by atoms with E-state index in [1.54, 1.807) is 20.3 Å². The number of nitrogens with zero attached hydrogens (tertiary/aromatic N) is 1. The molecule has 7 nitrogen and oxygen atoms in total. The lowest BCUT2D eigenvalue weighted by molar-refractivity contribution is 0.266. The number of aromatic amines is 1. The number of aliphatic hydroxyl groups excluding tert-OH is 1. The van der Waals surface area contributed by atoms with Crippen LogP contribution in [0.25, 0.3) is 10.9 Å². The van der Waals surface area contributed by atoms with E-state index in [2.05, 4.69) is 10.3 Å². The SMILES string of the molecule is COc1cc2cc(CN(CCCO)C(=S)Nc3ccccc3)c(=O)[nH]c2cc1OC. The Morgan fingerprint density at radius 3 is 2.50 bits per heavy atom. The van der Waals surface area contributed by atoms with Gasteiger partial charge in [-0.05, 0) is 42.9 Å². The van der Waals surface area contributed by atoms with Gasteiger partial charge in [0.1, 0.15) is 0 Å². The third-order valence-corrected chi connectivity index (χ3v) is 5.05. The van der Waals surface area contributed by atoms with Gasteiger partial charge in [-0.15, -0.1) is 0 Å². The lowest BCUT2D eigenvalue weighted by Crippen LogP contribution is -2.37. The maximum absolute atomic E-state index is 12.7. The Labute approximate surface area is 180 Å². The Kier molecular flexibility index (Phi) is 7.26. The zero-order chi connectivity index (χ0) is 21.5. The van der Waals surface area contributed by atoms with Gasteiger partial charge in [0.25, 0.3) is 5.56 Å². The molecule has 0 unspecified atom stereocenters. The van der Waals surface area contributed by atoms with E-state index in [1.165, 1.54) is 0 Å². The minimum atomic E-state index is -0.203. The number of aliphatic hydroxyl groups is 1. The predicted molar refractivity (Wildman–Crippen MR) is 122 cm³/mol. The van der Waals surface area contributed by atoms with Crippen LogP contribution in [0, 0.1) is 0 Å². The van der Waals surface area contributed by atoms with Crippen molar-refractivity contribution in [3.63, 3.8) is 0 Å². The van der Waals surface area contributed by atoms with Gasteiger partial charge in [-0.25, -0.2) is 0 Å². The maximum atomic E-state index is 12.7. The number of para-hydroxylation sites is 1. The quantitative estimate of drug-likeness (QED) is 0.476. The molecule has 0 saturated carbocycles. The van der Waals surface area contributed by atoms with Gasteiger partial charge in [0, 0.05) is 35.9 Å². The lowest BCUT2D eigenvalue weighted by atomic mass is 10.1. The van der Waals surface area contributed by atoms with Gasteiger partial charge in [0.15, 0.2) is 16.6 Å². The molecule has 1 aromatic heterocycles. The highest BCUT2D eigenvalue weighted by atomic mass is 32.1. The minimum Gasteiger partial charge on any atom is -0.493 e. The van der Waals surface area contributed by atoms with E-state index in [-0.39, 0.29) is 12.2 Å². The van der Waals surface area contributed by atoms with Gasteiger partial charge >= 0.3 is 0 Å². The molecule has 0 atom stereocenters. The molecule has 3 N–H and O–H groups in total. The number of aromatic nitrogens is 1. The van der Waals surface area contributed by atoms with E-state index in [4.69, 9.17) is 21.7 Å². The van der Waals surface area contributed by atoms with Crippen LogP contribution in [0.5, 0.6) is 11.5 Å². The van der Waals surface area contributed by atoms with Gasteiger partial charge in [-0.3, -0.25) is 4.79 Å². The smallest absolute Gasteiger partial charge is 0.253 e. The zero-order valence-corrected chi connectivity index (χ0v) is 17.8. The maximum Gasteiger partial charge on any atom is 0.253 e. The predicted octanol–water partition coefficient (Wildman–Crippen LogP) is 3.13. The first-order valence-electron chi connectivity index (χ1n) is 9.55. The van der Waals surface area contributed by atoms with Gasteiger partial charge in [0.2, 0.25) is 0 Å². The number of methoxy groups -OCH3 is 2. The second-order valence-corrected chi connectivity index (χ2v) is 7.10. The van der Waals surface area contributed by atoms with E-state index < -0.39 is 0 Å². The van der Waals surface area contributed by atoms with Crippen molar-refractivity contribution in [1.29, 1.82) is 0 Å². The molecule has 0 spiro atoms. The van der Waals surface area contributed by atoms with Crippen LogP contribution in [0.1, 0.15) is 12.0 Å².